The Hall–Kier alpha value is -4.19. The van der Waals surface area contributed by atoms with E-state index < -0.39 is 6.10 Å². The Morgan fingerprint density at radius 1 is 0.266 bits per heavy atom. The van der Waals surface area contributed by atoms with Gasteiger partial charge < -0.3 is 14.2 Å². The number of ether oxygens (including phenoxy) is 3. The first-order valence-electron chi connectivity index (χ1n) is 33.0. The van der Waals surface area contributed by atoms with Gasteiger partial charge in [0.05, 0.1) is 0 Å². The Kier molecular flexibility index (Phi) is 62.8. The lowest BCUT2D eigenvalue weighted by atomic mass is 10.0. The normalized spacial score (nSPS) is 12.9. The van der Waals surface area contributed by atoms with Gasteiger partial charge in [-0.2, -0.15) is 0 Å². The maximum atomic E-state index is 12.9. The van der Waals surface area contributed by atoms with Crippen molar-refractivity contribution in [3.8, 4) is 0 Å². The highest BCUT2D eigenvalue weighted by molar-refractivity contribution is 5.71. The largest absolute Gasteiger partial charge is 0.462 e. The first-order chi connectivity index (χ1) is 39.0. The highest BCUT2D eigenvalue weighted by Crippen LogP contribution is 2.16. The maximum absolute atomic E-state index is 12.9. The summed E-state index contributed by atoms with van der Waals surface area (Å²) in [5.74, 6) is -0.923. The first kappa shape index (κ1) is 74.8. The molecule has 0 aromatic heterocycles. The lowest BCUT2D eigenvalue weighted by Crippen LogP contribution is -2.30. The van der Waals surface area contributed by atoms with Crippen LogP contribution in [0.25, 0.3) is 0 Å². The second-order valence-corrected chi connectivity index (χ2v) is 21.6. The Balaban J connectivity index is 4.40. The van der Waals surface area contributed by atoms with Gasteiger partial charge >= 0.3 is 17.9 Å². The minimum atomic E-state index is -0.797. The molecule has 0 rings (SSSR count). The zero-order valence-corrected chi connectivity index (χ0v) is 51.6. The third-order valence-electron chi connectivity index (χ3n) is 14.0. The Bertz CT molecular complexity index is 1640. The summed E-state index contributed by atoms with van der Waals surface area (Å²) < 4.78 is 16.9. The van der Waals surface area contributed by atoms with Gasteiger partial charge in [-0.25, -0.2) is 0 Å². The molecule has 450 valence electrons. The van der Waals surface area contributed by atoms with E-state index in [-0.39, 0.29) is 31.1 Å². The first-order valence-corrected chi connectivity index (χ1v) is 33.0. The molecular weight excluding hydrogens is 973 g/mol. The van der Waals surface area contributed by atoms with Gasteiger partial charge in [0.2, 0.25) is 0 Å². The molecule has 0 aliphatic heterocycles. The van der Waals surface area contributed by atoms with Crippen LogP contribution in [0.2, 0.25) is 0 Å². The van der Waals surface area contributed by atoms with Gasteiger partial charge in [0.25, 0.3) is 0 Å². The molecule has 0 spiro atoms. The van der Waals surface area contributed by atoms with E-state index in [0.29, 0.717) is 19.3 Å². The Morgan fingerprint density at radius 3 is 0.797 bits per heavy atom. The van der Waals surface area contributed by atoms with Crippen LogP contribution in [0.4, 0.5) is 0 Å². The topological polar surface area (TPSA) is 78.9 Å². The standard InChI is InChI=1S/C73H122O6/c1-4-7-10-13-16-19-22-25-28-30-31-32-33-34-35-36-37-38-39-40-41-43-45-48-51-54-57-60-63-66-72(75)78-69-70(68-77-71(74)65-62-59-56-53-50-47-44-27-24-21-18-15-12-9-6-3)79-73(76)67-64-61-58-55-52-49-46-42-29-26-23-20-17-14-11-8-5-2/h7,10,16,18-19,21,25,27-28,31-32,34-35,37-38,40-41,44-45,48,70H,4-6,8-9,11-15,17,20,22-24,26,29-30,33,36,39,42-43,46-47,49-69H2,1-3H3/b10-7-,19-16-,21-18-,28-25-,32-31-,35-34-,38-37-,41-40-,44-27-,48-45-. The van der Waals surface area contributed by atoms with Gasteiger partial charge in [-0.15, -0.1) is 0 Å². The molecule has 0 aliphatic carbocycles. The number of hydrogen-bond acceptors (Lipinski definition) is 6. The number of rotatable bonds is 59. The minimum Gasteiger partial charge on any atom is -0.462 e. The number of allylic oxidation sites excluding steroid dienone is 20. The van der Waals surface area contributed by atoms with Gasteiger partial charge in [-0.05, 0) is 116 Å². The summed E-state index contributed by atoms with van der Waals surface area (Å²) >= 11 is 0. The molecule has 79 heavy (non-hydrogen) atoms. The molecule has 0 aliphatic rings. The molecule has 0 fully saturated rings. The van der Waals surface area contributed by atoms with E-state index in [2.05, 4.69) is 142 Å². The van der Waals surface area contributed by atoms with E-state index in [4.69, 9.17) is 14.2 Å². The summed E-state index contributed by atoms with van der Waals surface area (Å²) in [6.07, 6.45) is 92.0. The Morgan fingerprint density at radius 2 is 0.494 bits per heavy atom. The zero-order valence-electron chi connectivity index (χ0n) is 51.6. The van der Waals surface area contributed by atoms with Crippen LogP contribution in [0.15, 0.2) is 122 Å². The van der Waals surface area contributed by atoms with Crippen LogP contribution in [-0.4, -0.2) is 37.2 Å². The van der Waals surface area contributed by atoms with Crippen molar-refractivity contribution in [2.75, 3.05) is 13.2 Å². The highest BCUT2D eigenvalue weighted by atomic mass is 16.6. The van der Waals surface area contributed by atoms with Gasteiger partial charge in [0, 0.05) is 19.3 Å². The predicted molar refractivity (Wildman–Crippen MR) is 343 cm³/mol. The monoisotopic (exact) mass is 1090 g/mol. The lowest BCUT2D eigenvalue weighted by molar-refractivity contribution is -0.167. The molecule has 0 saturated carbocycles. The molecule has 0 radical (unpaired) electrons. The molecule has 6 heteroatoms. The van der Waals surface area contributed by atoms with Crippen molar-refractivity contribution < 1.29 is 28.6 Å². The third-order valence-corrected chi connectivity index (χ3v) is 14.0. The van der Waals surface area contributed by atoms with Crippen molar-refractivity contribution in [3.05, 3.63) is 122 Å². The van der Waals surface area contributed by atoms with Crippen molar-refractivity contribution in [2.45, 2.75) is 309 Å². The van der Waals surface area contributed by atoms with Crippen LogP contribution in [0.1, 0.15) is 303 Å². The molecular formula is C73H122O6. The number of carbonyl (C=O) groups is 3. The van der Waals surface area contributed by atoms with Crippen LogP contribution >= 0.6 is 0 Å². The molecule has 0 amide bonds. The van der Waals surface area contributed by atoms with Crippen LogP contribution in [0.5, 0.6) is 0 Å². The summed E-state index contributed by atoms with van der Waals surface area (Å²) in [6, 6.07) is 0. The summed E-state index contributed by atoms with van der Waals surface area (Å²) in [7, 11) is 0. The number of unbranched alkanes of at least 4 members (excludes halogenated alkanes) is 28. The van der Waals surface area contributed by atoms with Gasteiger partial charge in [0.1, 0.15) is 13.2 Å². The SMILES string of the molecule is CC/C=C\C/C=C\C/C=C\C/C=C\C/C=C\C/C=C\C/C=C\C/C=C\CCCCCCC(=O)OCC(COC(=O)CCCCCCC/C=C\C/C=C\CCCCC)OC(=O)CCCCCCCCCCCCCCCCCCC. The average Bonchev–Trinajstić information content (AvgIpc) is 3.45. The highest BCUT2D eigenvalue weighted by Gasteiger charge is 2.19. The fraction of sp³-hybridized carbons (Fsp3) is 0.685. The van der Waals surface area contributed by atoms with E-state index in [1.54, 1.807) is 0 Å². The van der Waals surface area contributed by atoms with Crippen molar-refractivity contribution in [1.29, 1.82) is 0 Å². The third kappa shape index (κ3) is 64.5. The second-order valence-electron chi connectivity index (χ2n) is 21.6. The molecule has 6 nitrogen and oxygen atoms in total. The lowest BCUT2D eigenvalue weighted by Gasteiger charge is -2.18. The molecule has 1 atom stereocenters. The molecule has 1 unspecified atom stereocenters. The molecule has 0 N–H and O–H groups in total. The molecule has 0 heterocycles. The van der Waals surface area contributed by atoms with Gasteiger partial charge in [0.15, 0.2) is 6.10 Å². The maximum Gasteiger partial charge on any atom is 0.306 e. The second kappa shape index (κ2) is 66.3. The van der Waals surface area contributed by atoms with Gasteiger partial charge in [-0.1, -0.05) is 290 Å². The predicted octanol–water partition coefficient (Wildman–Crippen LogP) is 22.8. The summed E-state index contributed by atoms with van der Waals surface area (Å²) in [5, 5.41) is 0. The number of esters is 3. The van der Waals surface area contributed by atoms with E-state index in [9.17, 15) is 14.4 Å². The zero-order chi connectivity index (χ0) is 57.1. The molecule has 0 saturated heterocycles. The van der Waals surface area contributed by atoms with E-state index in [0.717, 1.165) is 148 Å². The quantitative estimate of drug-likeness (QED) is 0.0261. The van der Waals surface area contributed by atoms with Crippen molar-refractivity contribution in [3.63, 3.8) is 0 Å². The van der Waals surface area contributed by atoms with Crippen molar-refractivity contribution in [1.82, 2.24) is 0 Å². The van der Waals surface area contributed by atoms with E-state index in [1.807, 2.05) is 0 Å². The summed E-state index contributed by atoms with van der Waals surface area (Å²) in [5.41, 5.74) is 0. The molecule has 0 aromatic carbocycles. The van der Waals surface area contributed by atoms with Crippen LogP contribution in [0.3, 0.4) is 0 Å². The Labute approximate surface area is 488 Å². The molecule has 0 bridgehead atoms. The number of carbonyl (C=O) groups excluding carboxylic acids is 3. The van der Waals surface area contributed by atoms with E-state index in [1.165, 1.54) is 116 Å². The van der Waals surface area contributed by atoms with Crippen molar-refractivity contribution in [2.24, 2.45) is 0 Å². The van der Waals surface area contributed by atoms with E-state index >= 15 is 0 Å². The fourth-order valence-corrected chi connectivity index (χ4v) is 9.02. The average molecular weight is 1100 g/mol. The molecule has 0 aromatic rings. The minimum absolute atomic E-state index is 0.0933. The van der Waals surface area contributed by atoms with Gasteiger partial charge in [-0.3, -0.25) is 14.4 Å². The summed E-state index contributed by atoms with van der Waals surface area (Å²) in [4.78, 5) is 38.3. The number of hydrogen-bond donors (Lipinski definition) is 0. The van der Waals surface area contributed by atoms with Crippen molar-refractivity contribution >= 4 is 17.9 Å². The smallest absolute Gasteiger partial charge is 0.306 e. The van der Waals surface area contributed by atoms with Crippen LogP contribution in [-0.2, 0) is 28.6 Å². The van der Waals surface area contributed by atoms with Crippen LogP contribution in [0, 0.1) is 0 Å². The summed E-state index contributed by atoms with van der Waals surface area (Å²) in [6.45, 7) is 6.49. The fourth-order valence-electron chi connectivity index (χ4n) is 9.02. The van der Waals surface area contributed by atoms with Crippen LogP contribution < -0.4 is 0 Å².